The second kappa shape index (κ2) is 9.69. The number of fused-ring (bicyclic) bond motifs is 2. The highest BCUT2D eigenvalue weighted by Crippen LogP contribution is 2.48. The number of aryl methyl sites for hydroxylation is 2. The fourth-order valence-electron chi connectivity index (χ4n) is 7.02. The SMILES string of the molecule is COCC(=O)Nc1cc(C(=O)N2CC3CC4CC(C3)CC2C4)c2c(c1)ncn2CCc1ccccc1. The van der Waals surface area contributed by atoms with Gasteiger partial charge < -0.3 is 19.5 Å². The van der Waals surface area contributed by atoms with E-state index in [2.05, 4.69) is 31.9 Å². The van der Waals surface area contributed by atoms with Crippen LogP contribution in [0.15, 0.2) is 48.8 Å². The first-order chi connectivity index (χ1) is 17.6. The average Bonchev–Trinajstić information content (AvgIpc) is 3.17. The lowest BCUT2D eigenvalue weighted by molar-refractivity contribution is -0.119. The molecular formula is C29H34N4O3. The predicted octanol–water partition coefficient (Wildman–Crippen LogP) is 4.51. The molecule has 2 unspecified atom stereocenters. The lowest BCUT2D eigenvalue weighted by Crippen LogP contribution is -2.42. The molecular weight excluding hydrogens is 452 g/mol. The van der Waals surface area contributed by atoms with Gasteiger partial charge in [0.15, 0.2) is 0 Å². The molecule has 4 aliphatic rings. The van der Waals surface area contributed by atoms with Gasteiger partial charge in [-0.15, -0.1) is 0 Å². The molecule has 36 heavy (non-hydrogen) atoms. The third kappa shape index (κ3) is 4.52. The van der Waals surface area contributed by atoms with Crippen LogP contribution >= 0.6 is 0 Å². The van der Waals surface area contributed by atoms with Gasteiger partial charge in [0, 0.05) is 31.9 Å². The Balaban J connectivity index is 1.36. The lowest BCUT2D eigenvalue weighted by Gasteiger charge is -2.39. The molecule has 2 aliphatic heterocycles. The highest BCUT2D eigenvalue weighted by Gasteiger charge is 2.44. The Labute approximate surface area is 211 Å². The predicted molar refractivity (Wildman–Crippen MR) is 139 cm³/mol. The number of methoxy groups -OCH3 is 1. The summed E-state index contributed by atoms with van der Waals surface area (Å²) in [4.78, 5) is 33.3. The average molecular weight is 487 g/mol. The normalized spacial score (nSPS) is 24.8. The summed E-state index contributed by atoms with van der Waals surface area (Å²) in [7, 11) is 1.49. The van der Waals surface area contributed by atoms with Gasteiger partial charge in [-0.1, -0.05) is 30.3 Å². The molecule has 3 aromatic rings. The van der Waals surface area contributed by atoms with Crippen molar-refractivity contribution in [2.45, 2.75) is 51.1 Å². The van der Waals surface area contributed by atoms with E-state index in [-0.39, 0.29) is 18.4 Å². The standard InChI is InChI=1S/C29H34N4O3/c1-36-17-27(34)31-23-14-25(29(35)33-16-22-10-20-9-21(11-22)13-24(33)12-20)28-26(15-23)30-18-32(28)8-7-19-5-3-2-4-6-19/h2-6,14-15,18,20-22,24H,7-13,16-17H2,1H3,(H,31,34). The van der Waals surface area contributed by atoms with Gasteiger partial charge >= 0.3 is 0 Å². The van der Waals surface area contributed by atoms with E-state index in [4.69, 9.17) is 4.74 Å². The van der Waals surface area contributed by atoms with E-state index in [1.54, 1.807) is 0 Å². The summed E-state index contributed by atoms with van der Waals surface area (Å²) < 4.78 is 7.08. The Hall–Kier alpha value is -3.19. The zero-order valence-corrected chi connectivity index (χ0v) is 20.9. The summed E-state index contributed by atoms with van der Waals surface area (Å²) in [6.45, 7) is 1.54. The molecule has 7 heteroatoms. The fourth-order valence-corrected chi connectivity index (χ4v) is 7.02. The van der Waals surface area contributed by atoms with E-state index >= 15 is 0 Å². The van der Waals surface area contributed by atoms with E-state index in [0.29, 0.717) is 23.2 Å². The first-order valence-electron chi connectivity index (χ1n) is 13.2. The quantitative estimate of drug-likeness (QED) is 0.533. The number of imidazole rings is 1. The largest absolute Gasteiger partial charge is 0.375 e. The zero-order chi connectivity index (χ0) is 24.6. The van der Waals surface area contributed by atoms with E-state index < -0.39 is 0 Å². The molecule has 3 heterocycles. The van der Waals surface area contributed by atoms with E-state index in [1.807, 2.05) is 36.7 Å². The number of carbonyl (C=O) groups excluding carboxylic acids is 2. The van der Waals surface area contributed by atoms with Crippen LogP contribution in [0.2, 0.25) is 0 Å². The van der Waals surface area contributed by atoms with Gasteiger partial charge in [0.05, 0.1) is 22.9 Å². The van der Waals surface area contributed by atoms with Crippen molar-refractivity contribution < 1.29 is 14.3 Å². The van der Waals surface area contributed by atoms with E-state index in [9.17, 15) is 9.59 Å². The number of ether oxygens (including phenoxy) is 1. The number of hydrogen-bond acceptors (Lipinski definition) is 4. The topological polar surface area (TPSA) is 76.5 Å². The summed E-state index contributed by atoms with van der Waals surface area (Å²) in [5, 5.41) is 2.89. The van der Waals surface area contributed by atoms with Gasteiger partial charge in [0.25, 0.3) is 5.91 Å². The van der Waals surface area contributed by atoms with Crippen molar-refractivity contribution in [1.29, 1.82) is 0 Å². The molecule has 1 N–H and O–H groups in total. The van der Waals surface area contributed by atoms with Crippen LogP contribution in [0.3, 0.4) is 0 Å². The van der Waals surface area contributed by atoms with Gasteiger partial charge in [-0.2, -0.15) is 0 Å². The van der Waals surface area contributed by atoms with Gasteiger partial charge in [0.2, 0.25) is 5.91 Å². The molecule has 2 aromatic carbocycles. The maximum Gasteiger partial charge on any atom is 0.256 e. The maximum atomic E-state index is 14.3. The van der Waals surface area contributed by atoms with Crippen LogP contribution in [0, 0.1) is 17.8 Å². The number of rotatable bonds is 7. The number of nitrogens with one attached hydrogen (secondary N) is 1. The Morgan fingerprint density at radius 2 is 1.78 bits per heavy atom. The maximum absolute atomic E-state index is 14.3. The van der Waals surface area contributed by atoms with Gasteiger partial charge in [0.1, 0.15) is 6.61 Å². The van der Waals surface area contributed by atoms with Crippen LogP contribution in [0.5, 0.6) is 0 Å². The Bertz CT molecular complexity index is 1260. The van der Waals surface area contributed by atoms with Crippen molar-refractivity contribution in [1.82, 2.24) is 14.5 Å². The highest BCUT2D eigenvalue weighted by molar-refractivity contribution is 6.07. The summed E-state index contributed by atoms with van der Waals surface area (Å²) in [5.74, 6) is 1.96. The number of aromatic nitrogens is 2. The van der Waals surface area contributed by atoms with Gasteiger partial charge in [-0.3, -0.25) is 9.59 Å². The molecule has 2 aliphatic carbocycles. The summed E-state index contributed by atoms with van der Waals surface area (Å²) in [6, 6.07) is 14.4. The smallest absolute Gasteiger partial charge is 0.256 e. The number of anilines is 1. The Morgan fingerprint density at radius 3 is 2.53 bits per heavy atom. The molecule has 2 saturated heterocycles. The molecule has 2 amide bonds. The van der Waals surface area contributed by atoms with Crippen LogP contribution in [0.1, 0.15) is 48.0 Å². The van der Waals surface area contributed by atoms with Crippen LogP contribution in [0.4, 0.5) is 5.69 Å². The minimum absolute atomic E-state index is 0.0362. The number of nitrogens with zero attached hydrogens (tertiary/aromatic N) is 3. The minimum atomic E-state index is -0.246. The van der Waals surface area contributed by atoms with Crippen LogP contribution in [-0.4, -0.2) is 52.6 Å². The lowest BCUT2D eigenvalue weighted by atomic mass is 9.68. The number of carbonyl (C=O) groups is 2. The van der Waals surface area contributed by atoms with Crippen molar-refractivity contribution in [2.24, 2.45) is 17.8 Å². The second-order valence-corrected chi connectivity index (χ2v) is 10.9. The van der Waals surface area contributed by atoms with Crippen molar-refractivity contribution in [3.05, 3.63) is 59.9 Å². The molecule has 0 radical (unpaired) electrons. The van der Waals surface area contributed by atoms with Crippen molar-refractivity contribution in [3.63, 3.8) is 0 Å². The molecule has 2 atom stereocenters. The molecule has 0 spiro atoms. The molecule has 2 saturated carbocycles. The summed E-state index contributed by atoms with van der Waals surface area (Å²) >= 11 is 0. The second-order valence-electron chi connectivity index (χ2n) is 10.9. The first-order valence-corrected chi connectivity index (χ1v) is 13.2. The van der Waals surface area contributed by atoms with E-state index in [0.717, 1.165) is 55.2 Å². The monoisotopic (exact) mass is 486 g/mol. The number of amides is 2. The number of benzene rings is 2. The van der Waals surface area contributed by atoms with Crippen LogP contribution in [-0.2, 0) is 22.5 Å². The Kier molecular flexibility index (Phi) is 6.25. The fraction of sp³-hybridized carbons (Fsp3) is 0.483. The van der Waals surface area contributed by atoms with Crippen molar-refractivity contribution >= 4 is 28.5 Å². The summed E-state index contributed by atoms with van der Waals surface area (Å²) in [6.07, 6.45) is 8.78. The third-order valence-electron chi connectivity index (χ3n) is 8.35. The molecule has 7 nitrogen and oxygen atoms in total. The summed E-state index contributed by atoms with van der Waals surface area (Å²) in [5.41, 5.74) is 4.04. The molecule has 188 valence electrons. The van der Waals surface area contributed by atoms with Crippen LogP contribution < -0.4 is 5.32 Å². The van der Waals surface area contributed by atoms with Crippen molar-refractivity contribution in [2.75, 3.05) is 25.6 Å². The van der Waals surface area contributed by atoms with Gasteiger partial charge in [-0.05, 0) is 74.0 Å². The Morgan fingerprint density at radius 1 is 1.03 bits per heavy atom. The van der Waals surface area contributed by atoms with Crippen LogP contribution in [0.25, 0.3) is 11.0 Å². The first kappa shape index (κ1) is 23.2. The minimum Gasteiger partial charge on any atom is -0.375 e. The molecule has 1 aromatic heterocycles. The molecule has 7 rings (SSSR count). The van der Waals surface area contributed by atoms with Crippen molar-refractivity contribution in [3.8, 4) is 0 Å². The number of hydrogen-bond donors (Lipinski definition) is 1. The third-order valence-corrected chi connectivity index (χ3v) is 8.35. The van der Waals surface area contributed by atoms with Gasteiger partial charge in [-0.25, -0.2) is 4.98 Å². The molecule has 4 fully saturated rings. The zero-order valence-electron chi connectivity index (χ0n) is 20.9. The molecule has 4 bridgehead atoms. The van der Waals surface area contributed by atoms with E-state index in [1.165, 1.54) is 31.9 Å². The highest BCUT2D eigenvalue weighted by atomic mass is 16.5.